The Morgan fingerprint density at radius 3 is 2.52 bits per heavy atom. The normalized spacial score (nSPS) is 14.5. The van der Waals surface area contributed by atoms with Gasteiger partial charge >= 0.3 is 12.0 Å². The number of halogens is 1. The smallest absolute Gasteiger partial charge is 0.341 e. The minimum absolute atomic E-state index is 0.112. The Labute approximate surface area is 179 Å². The van der Waals surface area contributed by atoms with Crippen LogP contribution in [0.1, 0.15) is 20.8 Å². The average Bonchev–Trinajstić information content (AvgIpc) is 3.16. The van der Waals surface area contributed by atoms with Gasteiger partial charge in [-0.1, -0.05) is 17.7 Å². The maximum absolute atomic E-state index is 12.5. The van der Waals surface area contributed by atoms with Gasteiger partial charge in [0.05, 0.1) is 18.6 Å². The zero-order valence-corrected chi connectivity index (χ0v) is 18.0. The van der Waals surface area contributed by atoms with E-state index in [9.17, 15) is 9.59 Å². The molecule has 0 atom stereocenters. The molecule has 1 aromatic heterocycles. The van der Waals surface area contributed by atoms with Crippen LogP contribution in [-0.4, -0.2) is 62.2 Å². The summed E-state index contributed by atoms with van der Waals surface area (Å²) in [7, 11) is 2.82. The molecule has 29 heavy (non-hydrogen) atoms. The first kappa shape index (κ1) is 21.4. The molecule has 0 aliphatic carbocycles. The molecule has 0 radical (unpaired) electrons. The van der Waals surface area contributed by atoms with Crippen LogP contribution >= 0.6 is 22.9 Å². The Morgan fingerprint density at radius 1 is 1.14 bits per heavy atom. The maximum Gasteiger partial charge on any atom is 0.341 e. The van der Waals surface area contributed by atoms with E-state index in [2.05, 4.69) is 10.2 Å². The number of urea groups is 1. The van der Waals surface area contributed by atoms with Gasteiger partial charge in [0.1, 0.15) is 11.3 Å². The van der Waals surface area contributed by atoms with Gasteiger partial charge in [0.2, 0.25) is 0 Å². The molecular formula is C20H24ClN3O4S. The van der Waals surface area contributed by atoms with Crippen LogP contribution in [0.3, 0.4) is 0 Å². The summed E-state index contributed by atoms with van der Waals surface area (Å²) in [4.78, 5) is 29.7. The Morgan fingerprint density at radius 2 is 1.90 bits per heavy atom. The second-order valence-corrected chi connectivity index (χ2v) is 8.45. The monoisotopic (exact) mass is 437 g/mol. The lowest BCUT2D eigenvalue weighted by Crippen LogP contribution is -2.51. The first-order chi connectivity index (χ1) is 14.0. The molecule has 0 saturated carbocycles. The van der Waals surface area contributed by atoms with Crippen LogP contribution in [0.15, 0.2) is 30.3 Å². The van der Waals surface area contributed by atoms with Crippen LogP contribution in [0.25, 0.3) is 0 Å². The number of thiophene rings is 1. The van der Waals surface area contributed by atoms with E-state index in [0.29, 0.717) is 30.9 Å². The van der Waals surface area contributed by atoms with Crippen molar-refractivity contribution in [1.82, 2.24) is 15.1 Å². The lowest BCUT2D eigenvalue weighted by Gasteiger charge is -2.34. The molecule has 2 amide bonds. The van der Waals surface area contributed by atoms with Crippen molar-refractivity contribution in [1.29, 1.82) is 0 Å². The Balaban J connectivity index is 1.49. The van der Waals surface area contributed by atoms with E-state index in [0.717, 1.165) is 29.5 Å². The van der Waals surface area contributed by atoms with E-state index >= 15 is 0 Å². The predicted octanol–water partition coefficient (Wildman–Crippen LogP) is 3.22. The van der Waals surface area contributed by atoms with Gasteiger partial charge in [-0.3, -0.25) is 4.90 Å². The van der Waals surface area contributed by atoms with Crippen molar-refractivity contribution in [3.05, 3.63) is 50.7 Å². The fraction of sp³-hybridized carbons (Fsp3) is 0.400. The number of carbonyl (C=O) groups is 2. The molecule has 1 saturated heterocycles. The summed E-state index contributed by atoms with van der Waals surface area (Å²) in [6, 6.07) is 9.03. The molecule has 1 aliphatic rings. The van der Waals surface area contributed by atoms with E-state index in [4.69, 9.17) is 21.1 Å². The maximum atomic E-state index is 12.5. The van der Waals surface area contributed by atoms with E-state index < -0.39 is 5.97 Å². The molecule has 0 unspecified atom stereocenters. The number of rotatable bonds is 6. The summed E-state index contributed by atoms with van der Waals surface area (Å²) >= 11 is 7.58. The largest absolute Gasteiger partial charge is 0.496 e. The Hall–Kier alpha value is -2.29. The van der Waals surface area contributed by atoms with Gasteiger partial charge in [-0.05, 0) is 29.8 Å². The van der Waals surface area contributed by atoms with Crippen molar-refractivity contribution in [3.63, 3.8) is 0 Å². The summed E-state index contributed by atoms with van der Waals surface area (Å²) in [6.45, 7) is 4.15. The number of esters is 1. The zero-order valence-electron chi connectivity index (χ0n) is 16.4. The highest BCUT2D eigenvalue weighted by Crippen LogP contribution is 2.23. The quantitative estimate of drug-likeness (QED) is 0.702. The van der Waals surface area contributed by atoms with Crippen molar-refractivity contribution >= 4 is 34.9 Å². The Bertz CT molecular complexity index is 865. The number of carbonyl (C=O) groups excluding carboxylic acids is 2. The van der Waals surface area contributed by atoms with Gasteiger partial charge in [-0.15, -0.1) is 11.3 Å². The highest BCUT2D eigenvalue weighted by Gasteiger charge is 2.21. The number of piperazine rings is 1. The third-order valence-corrected chi connectivity index (χ3v) is 6.00. The highest BCUT2D eigenvalue weighted by molar-refractivity contribution is 7.16. The molecule has 156 valence electrons. The van der Waals surface area contributed by atoms with Crippen molar-refractivity contribution in [2.24, 2.45) is 0 Å². The summed E-state index contributed by atoms with van der Waals surface area (Å²) < 4.78 is 10.8. The molecule has 7 nitrogen and oxygen atoms in total. The molecule has 2 aromatic rings. The molecule has 9 heteroatoms. The number of ether oxygens (including phenoxy) is 2. The van der Waals surface area contributed by atoms with Crippen LogP contribution in [0.4, 0.5) is 4.79 Å². The molecule has 2 heterocycles. The number of hydrogen-bond donors (Lipinski definition) is 1. The van der Waals surface area contributed by atoms with Gasteiger partial charge in [-0.25, -0.2) is 9.59 Å². The summed E-state index contributed by atoms with van der Waals surface area (Å²) in [5.74, 6) is -0.0340. The van der Waals surface area contributed by atoms with Crippen molar-refractivity contribution in [2.45, 2.75) is 13.1 Å². The Kier molecular flexibility index (Phi) is 7.35. The number of nitrogens with zero attached hydrogens (tertiary/aromatic N) is 2. The highest BCUT2D eigenvalue weighted by atomic mass is 35.5. The SMILES string of the molecule is COC(=O)c1cc(CNC(=O)N2CCN(Cc3ccc(Cl)s3)CC2)ccc1OC. The minimum Gasteiger partial charge on any atom is -0.496 e. The van der Waals surface area contributed by atoms with Crippen molar-refractivity contribution in [3.8, 4) is 5.75 Å². The first-order valence-electron chi connectivity index (χ1n) is 9.24. The summed E-state index contributed by atoms with van der Waals surface area (Å²) in [5, 5.41) is 2.92. The lowest BCUT2D eigenvalue weighted by molar-refractivity contribution is 0.0597. The average molecular weight is 438 g/mol. The van der Waals surface area contributed by atoms with Gasteiger partial charge in [0.15, 0.2) is 0 Å². The van der Waals surface area contributed by atoms with E-state index in [1.165, 1.54) is 19.1 Å². The van der Waals surface area contributed by atoms with Gasteiger partial charge in [-0.2, -0.15) is 0 Å². The fourth-order valence-corrected chi connectivity index (χ4v) is 4.32. The summed E-state index contributed by atoms with van der Waals surface area (Å²) in [6.07, 6.45) is 0. The number of amides is 2. The van der Waals surface area contributed by atoms with E-state index in [-0.39, 0.29) is 6.03 Å². The number of methoxy groups -OCH3 is 2. The van der Waals surface area contributed by atoms with Gasteiger partial charge < -0.3 is 19.7 Å². The number of nitrogens with one attached hydrogen (secondary N) is 1. The topological polar surface area (TPSA) is 71.1 Å². The van der Waals surface area contributed by atoms with Crippen LogP contribution in [0.2, 0.25) is 4.34 Å². The van der Waals surface area contributed by atoms with Crippen LogP contribution < -0.4 is 10.1 Å². The molecule has 3 rings (SSSR count). The third-order valence-electron chi connectivity index (χ3n) is 4.78. The second kappa shape index (κ2) is 9.96. The molecule has 1 N–H and O–H groups in total. The second-order valence-electron chi connectivity index (χ2n) is 6.65. The minimum atomic E-state index is -0.474. The lowest BCUT2D eigenvalue weighted by atomic mass is 10.1. The number of hydrogen-bond acceptors (Lipinski definition) is 6. The third kappa shape index (κ3) is 5.62. The first-order valence-corrected chi connectivity index (χ1v) is 10.4. The van der Waals surface area contributed by atoms with Gasteiger partial charge in [0.25, 0.3) is 0 Å². The predicted molar refractivity (Wildman–Crippen MR) is 113 cm³/mol. The molecule has 1 aliphatic heterocycles. The molecule has 0 spiro atoms. The summed E-state index contributed by atoms with van der Waals surface area (Å²) in [5.41, 5.74) is 1.14. The number of benzene rings is 1. The van der Waals surface area contributed by atoms with Crippen molar-refractivity contribution < 1.29 is 19.1 Å². The van der Waals surface area contributed by atoms with E-state index in [1.54, 1.807) is 23.5 Å². The van der Waals surface area contributed by atoms with E-state index in [1.807, 2.05) is 23.1 Å². The molecule has 0 bridgehead atoms. The van der Waals surface area contributed by atoms with Crippen LogP contribution in [0.5, 0.6) is 5.75 Å². The standard InChI is InChI=1S/C20H24ClN3O4S/c1-27-17-5-3-14(11-16(17)19(25)28-2)12-22-20(26)24-9-7-23(8-10-24)13-15-4-6-18(21)29-15/h3-6,11H,7-10,12-13H2,1-2H3,(H,22,26). The van der Waals surface area contributed by atoms with Gasteiger partial charge in [0, 0.05) is 44.1 Å². The fourth-order valence-electron chi connectivity index (χ4n) is 3.19. The zero-order chi connectivity index (χ0) is 20.8. The molecular weight excluding hydrogens is 414 g/mol. The van der Waals surface area contributed by atoms with Crippen LogP contribution in [-0.2, 0) is 17.8 Å². The molecule has 1 fully saturated rings. The van der Waals surface area contributed by atoms with Crippen LogP contribution in [0, 0.1) is 0 Å². The van der Waals surface area contributed by atoms with Crippen molar-refractivity contribution in [2.75, 3.05) is 40.4 Å². The molecule has 1 aromatic carbocycles.